The Morgan fingerprint density at radius 2 is 1.80 bits per heavy atom. The summed E-state index contributed by atoms with van der Waals surface area (Å²) in [5.74, 6) is 1.16. The zero-order chi connectivity index (χ0) is 17.5. The predicted octanol–water partition coefficient (Wildman–Crippen LogP) is 3.06. The third-order valence-corrected chi connectivity index (χ3v) is 6.47. The normalized spacial score (nSPS) is 24.5. The Kier molecular flexibility index (Phi) is 6.60. The molecule has 142 valence electrons. The van der Waals surface area contributed by atoms with Gasteiger partial charge in [0.25, 0.3) is 0 Å². The highest BCUT2D eigenvalue weighted by Crippen LogP contribution is 2.43. The molecule has 1 saturated heterocycles. The van der Waals surface area contributed by atoms with Crippen molar-refractivity contribution in [1.82, 2.24) is 15.5 Å². The molecule has 3 aliphatic rings. The summed E-state index contributed by atoms with van der Waals surface area (Å²) in [7, 11) is 1.86. The van der Waals surface area contributed by atoms with Crippen LogP contribution in [0.4, 0.5) is 0 Å². The summed E-state index contributed by atoms with van der Waals surface area (Å²) in [6.45, 7) is 2.92. The molecule has 0 aromatic rings. The Bertz CT molecular complexity index is 464. The van der Waals surface area contributed by atoms with Crippen LogP contribution in [0.3, 0.4) is 0 Å². The second-order valence-electron chi connectivity index (χ2n) is 8.36. The minimum absolute atomic E-state index is 0.181. The van der Waals surface area contributed by atoms with E-state index in [0.717, 1.165) is 31.9 Å². The number of aliphatic imine (C=N–C) groups is 1. The summed E-state index contributed by atoms with van der Waals surface area (Å²) in [6, 6.07) is 0.408. The van der Waals surface area contributed by atoms with Gasteiger partial charge in [0.2, 0.25) is 5.91 Å². The maximum absolute atomic E-state index is 12.1. The lowest BCUT2D eigenvalue weighted by atomic mass is 9.73. The largest absolute Gasteiger partial charge is 0.356 e. The topological polar surface area (TPSA) is 56.7 Å². The van der Waals surface area contributed by atoms with Gasteiger partial charge in [0.05, 0.1) is 0 Å². The molecule has 0 atom stereocenters. The van der Waals surface area contributed by atoms with Crippen LogP contribution in [0, 0.1) is 5.41 Å². The van der Waals surface area contributed by atoms with Crippen LogP contribution in [-0.2, 0) is 4.79 Å². The number of carbonyl (C=O) groups is 1. The van der Waals surface area contributed by atoms with Gasteiger partial charge in [0, 0.05) is 39.1 Å². The maximum atomic E-state index is 12.1. The van der Waals surface area contributed by atoms with E-state index in [1.165, 1.54) is 57.8 Å². The molecule has 25 heavy (non-hydrogen) atoms. The summed E-state index contributed by atoms with van der Waals surface area (Å²) < 4.78 is 0. The molecule has 1 aliphatic heterocycles. The molecule has 2 aliphatic carbocycles. The second-order valence-corrected chi connectivity index (χ2v) is 8.36. The van der Waals surface area contributed by atoms with E-state index in [1.54, 1.807) is 0 Å². The van der Waals surface area contributed by atoms with E-state index in [0.29, 0.717) is 24.4 Å². The standard InChI is InChI=1S/C20H36N4O/c1-21-19(24-15-13-20(16-24)11-6-3-7-12-20)22-14-10-18(25)23-17-8-4-2-5-9-17/h17H,2-16H2,1H3,(H,21,22)(H,23,25). The van der Waals surface area contributed by atoms with E-state index < -0.39 is 0 Å². The van der Waals surface area contributed by atoms with Gasteiger partial charge in [-0.2, -0.15) is 0 Å². The summed E-state index contributed by atoms with van der Waals surface area (Å²) in [5, 5.41) is 6.61. The fourth-order valence-corrected chi connectivity index (χ4v) is 4.99. The molecule has 0 radical (unpaired) electrons. The number of hydrogen-bond donors (Lipinski definition) is 2. The van der Waals surface area contributed by atoms with Crippen LogP contribution in [0.1, 0.15) is 77.0 Å². The quantitative estimate of drug-likeness (QED) is 0.606. The Morgan fingerprint density at radius 1 is 1.08 bits per heavy atom. The third-order valence-electron chi connectivity index (χ3n) is 6.47. The van der Waals surface area contributed by atoms with Crippen molar-refractivity contribution in [3.63, 3.8) is 0 Å². The van der Waals surface area contributed by atoms with Crippen molar-refractivity contribution in [1.29, 1.82) is 0 Å². The first-order valence-electron chi connectivity index (χ1n) is 10.5. The van der Waals surface area contributed by atoms with Crippen LogP contribution in [0.25, 0.3) is 0 Å². The molecular weight excluding hydrogens is 312 g/mol. The van der Waals surface area contributed by atoms with Crippen LogP contribution >= 0.6 is 0 Å². The van der Waals surface area contributed by atoms with Crippen LogP contribution in [-0.4, -0.2) is 49.5 Å². The van der Waals surface area contributed by atoms with E-state index in [9.17, 15) is 4.79 Å². The van der Waals surface area contributed by atoms with Gasteiger partial charge >= 0.3 is 0 Å². The Hall–Kier alpha value is -1.26. The second kappa shape index (κ2) is 8.91. The summed E-state index contributed by atoms with van der Waals surface area (Å²) in [5.41, 5.74) is 0.536. The molecule has 5 nitrogen and oxygen atoms in total. The van der Waals surface area contributed by atoms with Crippen molar-refractivity contribution in [2.45, 2.75) is 83.1 Å². The maximum Gasteiger partial charge on any atom is 0.221 e. The minimum Gasteiger partial charge on any atom is -0.356 e. The average molecular weight is 349 g/mol. The van der Waals surface area contributed by atoms with Gasteiger partial charge in [-0.05, 0) is 37.5 Å². The first kappa shape index (κ1) is 18.5. The van der Waals surface area contributed by atoms with Gasteiger partial charge in [-0.15, -0.1) is 0 Å². The first-order chi connectivity index (χ1) is 12.2. The number of likely N-dealkylation sites (tertiary alicyclic amines) is 1. The smallest absolute Gasteiger partial charge is 0.221 e. The fraction of sp³-hybridized carbons (Fsp3) is 0.900. The van der Waals surface area contributed by atoms with Crippen LogP contribution in [0.15, 0.2) is 4.99 Å². The van der Waals surface area contributed by atoms with Crippen LogP contribution < -0.4 is 10.6 Å². The lowest BCUT2D eigenvalue weighted by molar-refractivity contribution is -0.121. The van der Waals surface area contributed by atoms with Crippen molar-refractivity contribution < 1.29 is 4.79 Å². The summed E-state index contributed by atoms with van der Waals surface area (Å²) in [4.78, 5) is 19.0. The summed E-state index contributed by atoms with van der Waals surface area (Å²) in [6.07, 6.45) is 14.9. The fourth-order valence-electron chi connectivity index (χ4n) is 4.99. The molecule has 2 N–H and O–H groups in total. The van der Waals surface area contributed by atoms with Crippen molar-refractivity contribution in [2.24, 2.45) is 10.4 Å². The van der Waals surface area contributed by atoms with Crippen molar-refractivity contribution in [2.75, 3.05) is 26.7 Å². The number of nitrogens with zero attached hydrogens (tertiary/aromatic N) is 2. The Balaban J connectivity index is 1.38. The summed E-state index contributed by atoms with van der Waals surface area (Å²) >= 11 is 0. The van der Waals surface area contributed by atoms with Crippen molar-refractivity contribution in [3.8, 4) is 0 Å². The minimum atomic E-state index is 0.181. The zero-order valence-electron chi connectivity index (χ0n) is 16.0. The number of guanidine groups is 1. The predicted molar refractivity (Wildman–Crippen MR) is 103 cm³/mol. The average Bonchev–Trinajstić information content (AvgIpc) is 3.03. The highest BCUT2D eigenvalue weighted by atomic mass is 16.1. The SMILES string of the molecule is CN=C(NCCC(=O)NC1CCCCC1)N1CCC2(CCCCC2)C1. The number of amides is 1. The van der Waals surface area contributed by atoms with Gasteiger partial charge in [-0.3, -0.25) is 9.79 Å². The Morgan fingerprint density at radius 3 is 2.52 bits per heavy atom. The van der Waals surface area contributed by atoms with E-state index in [-0.39, 0.29) is 5.91 Å². The van der Waals surface area contributed by atoms with Gasteiger partial charge in [-0.25, -0.2) is 0 Å². The molecule has 5 heteroatoms. The molecule has 2 saturated carbocycles. The number of rotatable bonds is 4. The highest BCUT2D eigenvalue weighted by Gasteiger charge is 2.39. The van der Waals surface area contributed by atoms with Gasteiger partial charge < -0.3 is 15.5 Å². The zero-order valence-corrected chi connectivity index (χ0v) is 16.0. The number of nitrogens with one attached hydrogen (secondary N) is 2. The van der Waals surface area contributed by atoms with Crippen molar-refractivity contribution >= 4 is 11.9 Å². The van der Waals surface area contributed by atoms with E-state index in [4.69, 9.17) is 0 Å². The molecule has 0 unspecified atom stereocenters. The molecule has 0 aromatic carbocycles. The number of carbonyl (C=O) groups excluding carboxylic acids is 1. The third kappa shape index (κ3) is 5.11. The van der Waals surface area contributed by atoms with Crippen LogP contribution in [0.2, 0.25) is 0 Å². The molecule has 0 bridgehead atoms. The van der Waals surface area contributed by atoms with Gasteiger partial charge in [0.15, 0.2) is 5.96 Å². The van der Waals surface area contributed by atoms with Gasteiger partial charge in [0.1, 0.15) is 0 Å². The molecule has 3 fully saturated rings. The molecule has 3 rings (SSSR count). The Labute approximate surface area is 153 Å². The molecule has 0 aromatic heterocycles. The van der Waals surface area contributed by atoms with Gasteiger partial charge in [-0.1, -0.05) is 38.5 Å². The molecular formula is C20H36N4O. The van der Waals surface area contributed by atoms with E-state index in [1.807, 2.05) is 7.05 Å². The molecule has 1 amide bonds. The van der Waals surface area contributed by atoms with E-state index in [2.05, 4.69) is 20.5 Å². The highest BCUT2D eigenvalue weighted by molar-refractivity contribution is 5.81. The molecule has 1 spiro atoms. The lowest BCUT2D eigenvalue weighted by Crippen LogP contribution is -2.43. The van der Waals surface area contributed by atoms with Crippen LogP contribution in [0.5, 0.6) is 0 Å². The molecule has 1 heterocycles. The monoisotopic (exact) mass is 348 g/mol. The van der Waals surface area contributed by atoms with E-state index >= 15 is 0 Å². The first-order valence-corrected chi connectivity index (χ1v) is 10.5. The van der Waals surface area contributed by atoms with Crippen molar-refractivity contribution in [3.05, 3.63) is 0 Å². The number of hydrogen-bond acceptors (Lipinski definition) is 2. The lowest BCUT2D eigenvalue weighted by Gasteiger charge is -2.33.